The van der Waals surface area contributed by atoms with Crippen LogP contribution in [0.15, 0.2) is 48.7 Å². The van der Waals surface area contributed by atoms with Crippen molar-refractivity contribution in [1.29, 1.82) is 0 Å². The summed E-state index contributed by atoms with van der Waals surface area (Å²) < 4.78 is 0. The number of aromatic amines is 1. The smallest absolute Gasteiger partial charge is 0.173 e. The SMILES string of the molecule is Cc1ccc(NC(=S)N(Cc2c[nH]c3ccccc23)C(C)C)cc1C. The third-order valence-electron chi connectivity index (χ3n) is 4.66. The Morgan fingerprint density at radius 2 is 1.88 bits per heavy atom. The Morgan fingerprint density at radius 1 is 1.12 bits per heavy atom. The number of benzene rings is 2. The summed E-state index contributed by atoms with van der Waals surface area (Å²) >= 11 is 5.71. The van der Waals surface area contributed by atoms with Crippen molar-refractivity contribution in [3.63, 3.8) is 0 Å². The molecule has 130 valence electrons. The molecule has 0 saturated heterocycles. The second kappa shape index (κ2) is 7.28. The molecule has 0 saturated carbocycles. The summed E-state index contributed by atoms with van der Waals surface area (Å²) in [7, 11) is 0. The molecule has 0 aliphatic heterocycles. The van der Waals surface area contributed by atoms with Crippen molar-refractivity contribution in [3.05, 3.63) is 65.4 Å². The second-order valence-corrected chi connectivity index (χ2v) is 7.20. The highest BCUT2D eigenvalue weighted by molar-refractivity contribution is 7.80. The first-order valence-electron chi connectivity index (χ1n) is 8.65. The van der Waals surface area contributed by atoms with Gasteiger partial charge < -0.3 is 15.2 Å². The fourth-order valence-corrected chi connectivity index (χ4v) is 3.34. The summed E-state index contributed by atoms with van der Waals surface area (Å²) in [6, 6.07) is 15.0. The molecule has 0 unspecified atom stereocenters. The Morgan fingerprint density at radius 3 is 2.60 bits per heavy atom. The quantitative estimate of drug-likeness (QED) is 0.618. The number of para-hydroxylation sites is 1. The van der Waals surface area contributed by atoms with Gasteiger partial charge in [-0.3, -0.25) is 0 Å². The fraction of sp³-hybridized carbons (Fsp3) is 0.286. The highest BCUT2D eigenvalue weighted by atomic mass is 32.1. The molecule has 0 bridgehead atoms. The van der Waals surface area contributed by atoms with Crippen LogP contribution in [0.25, 0.3) is 10.9 Å². The zero-order valence-corrected chi connectivity index (χ0v) is 16.1. The first kappa shape index (κ1) is 17.5. The first-order chi connectivity index (χ1) is 12.0. The molecule has 3 aromatic rings. The van der Waals surface area contributed by atoms with Crippen LogP contribution in [0.3, 0.4) is 0 Å². The van der Waals surface area contributed by atoms with Crippen molar-refractivity contribution in [2.75, 3.05) is 5.32 Å². The van der Waals surface area contributed by atoms with E-state index in [9.17, 15) is 0 Å². The van der Waals surface area contributed by atoms with Crippen molar-refractivity contribution < 1.29 is 0 Å². The maximum absolute atomic E-state index is 5.71. The number of hydrogen-bond donors (Lipinski definition) is 2. The van der Waals surface area contributed by atoms with Crippen molar-refractivity contribution in [2.24, 2.45) is 0 Å². The molecule has 0 amide bonds. The molecule has 4 heteroatoms. The molecular weight excluding hydrogens is 326 g/mol. The summed E-state index contributed by atoms with van der Waals surface area (Å²) in [5, 5.41) is 5.40. The topological polar surface area (TPSA) is 31.1 Å². The van der Waals surface area contributed by atoms with E-state index >= 15 is 0 Å². The molecule has 2 N–H and O–H groups in total. The van der Waals surface area contributed by atoms with E-state index in [0.717, 1.165) is 22.9 Å². The van der Waals surface area contributed by atoms with Gasteiger partial charge in [-0.05, 0) is 74.8 Å². The van der Waals surface area contributed by atoms with E-state index in [1.165, 1.54) is 22.1 Å². The molecule has 25 heavy (non-hydrogen) atoms. The standard InChI is InChI=1S/C21H25N3S/c1-14(2)24(13-17-12-22-20-8-6-5-7-19(17)20)21(25)23-18-10-9-15(3)16(4)11-18/h5-12,14,22H,13H2,1-4H3,(H,23,25). The Balaban J connectivity index is 1.80. The van der Waals surface area contributed by atoms with Gasteiger partial charge in [0, 0.05) is 35.4 Å². The van der Waals surface area contributed by atoms with Crippen LogP contribution in [0.2, 0.25) is 0 Å². The van der Waals surface area contributed by atoms with E-state index in [4.69, 9.17) is 12.2 Å². The average Bonchev–Trinajstić information content (AvgIpc) is 2.98. The predicted molar refractivity (Wildman–Crippen MR) is 111 cm³/mol. The highest BCUT2D eigenvalue weighted by Gasteiger charge is 2.16. The molecule has 1 aromatic heterocycles. The van der Waals surface area contributed by atoms with Gasteiger partial charge in [-0.2, -0.15) is 0 Å². The highest BCUT2D eigenvalue weighted by Crippen LogP contribution is 2.21. The zero-order valence-electron chi connectivity index (χ0n) is 15.3. The summed E-state index contributed by atoms with van der Waals surface area (Å²) in [4.78, 5) is 5.57. The number of hydrogen-bond acceptors (Lipinski definition) is 1. The van der Waals surface area contributed by atoms with Crippen LogP contribution < -0.4 is 5.32 Å². The third-order valence-corrected chi connectivity index (χ3v) is 4.99. The van der Waals surface area contributed by atoms with E-state index in [2.05, 4.69) is 91.6 Å². The maximum atomic E-state index is 5.71. The average molecular weight is 352 g/mol. The molecule has 0 atom stereocenters. The molecule has 0 aliphatic carbocycles. The van der Waals surface area contributed by atoms with Gasteiger partial charge in [-0.25, -0.2) is 0 Å². The van der Waals surface area contributed by atoms with Gasteiger partial charge in [0.1, 0.15) is 0 Å². The van der Waals surface area contributed by atoms with E-state index in [0.29, 0.717) is 6.04 Å². The van der Waals surface area contributed by atoms with Crippen LogP contribution in [0.1, 0.15) is 30.5 Å². The van der Waals surface area contributed by atoms with E-state index in [-0.39, 0.29) is 0 Å². The summed E-state index contributed by atoms with van der Waals surface area (Å²) in [6.45, 7) is 9.36. The molecule has 0 aliphatic rings. The molecular formula is C21H25N3S. The first-order valence-corrected chi connectivity index (χ1v) is 9.06. The van der Waals surface area contributed by atoms with Crippen LogP contribution >= 0.6 is 12.2 Å². The summed E-state index contributed by atoms with van der Waals surface area (Å²) in [5.74, 6) is 0. The molecule has 3 nitrogen and oxygen atoms in total. The van der Waals surface area contributed by atoms with Crippen molar-refractivity contribution in [1.82, 2.24) is 9.88 Å². The van der Waals surface area contributed by atoms with E-state index < -0.39 is 0 Å². The van der Waals surface area contributed by atoms with Crippen LogP contribution in [-0.2, 0) is 6.54 Å². The van der Waals surface area contributed by atoms with Gasteiger partial charge in [0.05, 0.1) is 0 Å². The second-order valence-electron chi connectivity index (χ2n) is 6.81. The monoisotopic (exact) mass is 351 g/mol. The number of nitrogens with zero attached hydrogens (tertiary/aromatic N) is 1. The van der Waals surface area contributed by atoms with Crippen molar-refractivity contribution in [3.8, 4) is 0 Å². The number of aryl methyl sites for hydroxylation is 2. The minimum Gasteiger partial charge on any atom is -0.361 e. The van der Waals surface area contributed by atoms with Crippen LogP contribution in [0.4, 0.5) is 5.69 Å². The van der Waals surface area contributed by atoms with Gasteiger partial charge in [0.2, 0.25) is 0 Å². The Labute approximate surface area is 155 Å². The predicted octanol–water partition coefficient (Wildman–Crippen LogP) is 5.39. The zero-order chi connectivity index (χ0) is 18.0. The van der Waals surface area contributed by atoms with Crippen molar-refractivity contribution in [2.45, 2.75) is 40.3 Å². The number of anilines is 1. The molecule has 1 heterocycles. The number of nitrogens with one attached hydrogen (secondary N) is 2. The Hall–Kier alpha value is -2.33. The maximum Gasteiger partial charge on any atom is 0.173 e. The molecule has 0 fully saturated rings. The van der Waals surface area contributed by atoms with Gasteiger partial charge in [-0.1, -0.05) is 24.3 Å². The van der Waals surface area contributed by atoms with Gasteiger partial charge in [0.15, 0.2) is 5.11 Å². The lowest BCUT2D eigenvalue weighted by Crippen LogP contribution is -2.39. The Kier molecular flexibility index (Phi) is 5.09. The number of aromatic nitrogens is 1. The van der Waals surface area contributed by atoms with Gasteiger partial charge >= 0.3 is 0 Å². The normalized spacial score (nSPS) is 11.1. The third kappa shape index (κ3) is 3.85. The molecule has 3 rings (SSSR count). The lowest BCUT2D eigenvalue weighted by Gasteiger charge is -2.29. The molecule has 0 spiro atoms. The van der Waals surface area contributed by atoms with Gasteiger partial charge in [0.25, 0.3) is 0 Å². The number of fused-ring (bicyclic) bond motifs is 1. The number of H-pyrrole nitrogens is 1. The van der Waals surface area contributed by atoms with E-state index in [1.54, 1.807) is 0 Å². The molecule has 0 radical (unpaired) electrons. The van der Waals surface area contributed by atoms with Crippen LogP contribution in [0.5, 0.6) is 0 Å². The fourth-order valence-electron chi connectivity index (χ4n) is 2.95. The van der Waals surface area contributed by atoms with Gasteiger partial charge in [-0.15, -0.1) is 0 Å². The number of rotatable bonds is 4. The molecule has 2 aromatic carbocycles. The number of thiocarbonyl (C=S) groups is 1. The van der Waals surface area contributed by atoms with Crippen molar-refractivity contribution >= 4 is 33.9 Å². The largest absolute Gasteiger partial charge is 0.361 e. The van der Waals surface area contributed by atoms with E-state index in [1.807, 2.05) is 0 Å². The van der Waals surface area contributed by atoms with Crippen LogP contribution in [0, 0.1) is 13.8 Å². The van der Waals surface area contributed by atoms with Crippen LogP contribution in [-0.4, -0.2) is 21.0 Å². The minimum absolute atomic E-state index is 0.306. The lowest BCUT2D eigenvalue weighted by atomic mass is 10.1. The minimum atomic E-state index is 0.306. The Bertz CT molecular complexity index is 895. The lowest BCUT2D eigenvalue weighted by molar-refractivity contribution is 0.349. The summed E-state index contributed by atoms with van der Waals surface area (Å²) in [5.41, 5.74) is 6.01. The summed E-state index contributed by atoms with van der Waals surface area (Å²) in [6.07, 6.45) is 2.08.